The Balaban J connectivity index is 0.00000241. The fourth-order valence-corrected chi connectivity index (χ4v) is 5.04. The minimum atomic E-state index is -0.929. The number of amides is 1. The summed E-state index contributed by atoms with van der Waals surface area (Å²) in [5, 5.41) is 11.5. The Labute approximate surface area is 233 Å². The highest BCUT2D eigenvalue weighted by Crippen LogP contribution is 2.29. The number of ether oxygens (including phenoxy) is 1. The first-order chi connectivity index (χ1) is 17.0. The summed E-state index contributed by atoms with van der Waals surface area (Å²) < 4.78 is 20.5. The predicted octanol–water partition coefficient (Wildman–Crippen LogP) is 6.06. The first-order valence-corrected chi connectivity index (χ1v) is 13.3. The fourth-order valence-electron chi connectivity index (χ4n) is 5.04. The zero-order chi connectivity index (χ0) is 24.6. The topological polar surface area (TPSA) is 67.4 Å². The second-order valence-corrected chi connectivity index (χ2v) is 10.1. The van der Waals surface area contributed by atoms with E-state index >= 15 is 0 Å². The van der Waals surface area contributed by atoms with E-state index in [1.807, 2.05) is 42.3 Å². The number of alkyl halides is 1. The molecule has 0 radical (unpaired) electrons. The Morgan fingerprint density at radius 1 is 1.11 bits per heavy atom. The van der Waals surface area contributed by atoms with Crippen molar-refractivity contribution in [3.05, 3.63) is 41.7 Å². The summed E-state index contributed by atoms with van der Waals surface area (Å²) in [4.78, 5) is 14.9. The summed E-state index contributed by atoms with van der Waals surface area (Å²) in [6, 6.07) is 9.92. The summed E-state index contributed by atoms with van der Waals surface area (Å²) in [5.74, 6) is 0.418. The lowest BCUT2D eigenvalue weighted by molar-refractivity contribution is 0.0851. The van der Waals surface area contributed by atoms with Gasteiger partial charge in [0.15, 0.2) is 5.69 Å². The standard InChI is InChI=1S/C28H39FN4O2.2ClH/c1-3-4-10-26-24(20-11-13-23(14-12-20)35-22-8-6-5-7-9-22)17-27(32-31-26)28(34)30-18-21-15-16-33(2)19-25(21)29;;/h11-14,17,21-22,25H,3-10,15-16,18-19H2,1-2H3,(H,30,34);2*1H/t21-,25-;;/m0../s1. The van der Waals surface area contributed by atoms with Crippen LogP contribution in [0.25, 0.3) is 11.1 Å². The maximum Gasteiger partial charge on any atom is 0.271 e. The van der Waals surface area contributed by atoms with Gasteiger partial charge in [0.1, 0.15) is 11.9 Å². The third-order valence-corrected chi connectivity index (χ3v) is 7.29. The van der Waals surface area contributed by atoms with Crippen molar-refractivity contribution in [3.8, 4) is 16.9 Å². The number of nitrogens with zero attached hydrogens (tertiary/aromatic N) is 3. The number of aryl methyl sites for hydroxylation is 1. The van der Waals surface area contributed by atoms with Crippen LogP contribution in [0.2, 0.25) is 0 Å². The minimum absolute atomic E-state index is 0. The van der Waals surface area contributed by atoms with Gasteiger partial charge >= 0.3 is 0 Å². The van der Waals surface area contributed by atoms with Gasteiger partial charge in [-0.05, 0) is 82.3 Å². The minimum Gasteiger partial charge on any atom is -0.490 e. The summed E-state index contributed by atoms with van der Waals surface area (Å²) in [5.41, 5.74) is 3.08. The third kappa shape index (κ3) is 8.79. The van der Waals surface area contributed by atoms with E-state index in [1.54, 1.807) is 0 Å². The van der Waals surface area contributed by atoms with Crippen LogP contribution in [0.4, 0.5) is 4.39 Å². The number of halogens is 3. The fraction of sp³-hybridized carbons (Fsp3) is 0.607. The number of carbonyl (C=O) groups excluding carboxylic acids is 1. The zero-order valence-corrected chi connectivity index (χ0v) is 23.6. The van der Waals surface area contributed by atoms with Gasteiger partial charge in [0.25, 0.3) is 5.91 Å². The molecule has 1 aromatic carbocycles. The molecule has 1 aliphatic carbocycles. The van der Waals surface area contributed by atoms with Crippen molar-refractivity contribution in [2.45, 2.75) is 77.0 Å². The molecule has 0 spiro atoms. The molecule has 1 amide bonds. The van der Waals surface area contributed by atoms with Crippen molar-refractivity contribution in [2.24, 2.45) is 5.92 Å². The van der Waals surface area contributed by atoms with E-state index in [0.717, 1.165) is 67.6 Å². The first kappa shape index (κ1) is 31.3. The molecule has 2 aromatic rings. The van der Waals surface area contributed by atoms with Gasteiger partial charge in [0.2, 0.25) is 0 Å². The van der Waals surface area contributed by atoms with Crippen LogP contribution >= 0.6 is 24.8 Å². The molecule has 37 heavy (non-hydrogen) atoms. The second-order valence-electron chi connectivity index (χ2n) is 10.1. The maximum atomic E-state index is 14.4. The molecule has 1 saturated carbocycles. The van der Waals surface area contributed by atoms with Crippen LogP contribution in [0, 0.1) is 5.92 Å². The van der Waals surface area contributed by atoms with Crippen LogP contribution in [0.5, 0.6) is 5.75 Å². The average Bonchev–Trinajstić information content (AvgIpc) is 2.88. The monoisotopic (exact) mass is 554 g/mol. The van der Waals surface area contributed by atoms with Crippen LogP contribution in [0.1, 0.15) is 74.5 Å². The Kier molecular flexibility index (Phi) is 13.1. The van der Waals surface area contributed by atoms with Gasteiger partial charge in [-0.25, -0.2) is 4.39 Å². The third-order valence-electron chi connectivity index (χ3n) is 7.29. The lowest BCUT2D eigenvalue weighted by Gasteiger charge is -2.32. The van der Waals surface area contributed by atoms with E-state index in [0.29, 0.717) is 19.2 Å². The van der Waals surface area contributed by atoms with Crippen LogP contribution in [0.15, 0.2) is 30.3 Å². The molecule has 2 heterocycles. The van der Waals surface area contributed by atoms with E-state index in [1.165, 1.54) is 19.3 Å². The molecule has 4 rings (SSSR count). The van der Waals surface area contributed by atoms with Gasteiger partial charge in [-0.1, -0.05) is 31.9 Å². The molecule has 1 N–H and O–H groups in total. The Bertz CT molecular complexity index is 973. The van der Waals surface area contributed by atoms with Crippen molar-refractivity contribution < 1.29 is 13.9 Å². The van der Waals surface area contributed by atoms with E-state index < -0.39 is 6.17 Å². The van der Waals surface area contributed by atoms with Crippen molar-refractivity contribution in [1.29, 1.82) is 0 Å². The summed E-state index contributed by atoms with van der Waals surface area (Å²) in [6.07, 6.45) is 9.00. The zero-order valence-electron chi connectivity index (χ0n) is 22.0. The number of rotatable bonds is 9. The lowest BCUT2D eigenvalue weighted by atomic mass is 9.95. The number of hydrogen-bond donors (Lipinski definition) is 1. The van der Waals surface area contributed by atoms with Crippen LogP contribution in [0.3, 0.4) is 0 Å². The Morgan fingerprint density at radius 3 is 2.51 bits per heavy atom. The van der Waals surface area contributed by atoms with Gasteiger partial charge in [0, 0.05) is 24.6 Å². The van der Waals surface area contributed by atoms with Crippen LogP contribution in [-0.2, 0) is 6.42 Å². The highest BCUT2D eigenvalue weighted by molar-refractivity contribution is 5.93. The van der Waals surface area contributed by atoms with E-state index in [4.69, 9.17) is 4.74 Å². The van der Waals surface area contributed by atoms with Crippen molar-refractivity contribution >= 4 is 30.7 Å². The number of aromatic nitrogens is 2. The number of likely N-dealkylation sites (tertiary alicyclic amines) is 1. The Morgan fingerprint density at radius 2 is 1.84 bits per heavy atom. The predicted molar refractivity (Wildman–Crippen MR) is 151 cm³/mol. The van der Waals surface area contributed by atoms with Crippen molar-refractivity contribution in [1.82, 2.24) is 20.4 Å². The molecule has 9 heteroatoms. The molecule has 0 bridgehead atoms. The molecule has 1 aliphatic heterocycles. The molecule has 2 fully saturated rings. The van der Waals surface area contributed by atoms with Gasteiger partial charge in [0.05, 0.1) is 11.8 Å². The number of piperidine rings is 1. The lowest BCUT2D eigenvalue weighted by Crippen LogP contribution is -2.44. The molecule has 2 aliphatic rings. The highest BCUT2D eigenvalue weighted by Gasteiger charge is 2.28. The number of benzene rings is 1. The van der Waals surface area contributed by atoms with E-state index in [2.05, 4.69) is 22.4 Å². The SMILES string of the molecule is CCCCc1nnc(C(=O)NC[C@@H]2CCN(C)C[C@@H]2F)cc1-c1ccc(OC2CCCCC2)cc1.Cl.Cl. The molecular weight excluding hydrogens is 514 g/mol. The first-order valence-electron chi connectivity index (χ1n) is 13.3. The van der Waals surface area contributed by atoms with Crippen LogP contribution < -0.4 is 10.1 Å². The van der Waals surface area contributed by atoms with Crippen molar-refractivity contribution in [3.63, 3.8) is 0 Å². The largest absolute Gasteiger partial charge is 0.490 e. The summed E-state index contributed by atoms with van der Waals surface area (Å²) >= 11 is 0. The number of hydrogen-bond acceptors (Lipinski definition) is 5. The Hall–Kier alpha value is -1.96. The van der Waals surface area contributed by atoms with Crippen LogP contribution in [-0.4, -0.2) is 60.0 Å². The summed E-state index contributed by atoms with van der Waals surface area (Å²) in [7, 11) is 1.92. The summed E-state index contributed by atoms with van der Waals surface area (Å²) in [6.45, 7) is 3.72. The quantitative estimate of drug-likeness (QED) is 0.408. The molecule has 6 nitrogen and oxygen atoms in total. The molecule has 0 unspecified atom stereocenters. The van der Waals surface area contributed by atoms with E-state index in [-0.39, 0.29) is 42.3 Å². The van der Waals surface area contributed by atoms with Gasteiger partial charge < -0.3 is 15.0 Å². The second kappa shape index (κ2) is 15.5. The normalized spacial score (nSPS) is 20.4. The van der Waals surface area contributed by atoms with Gasteiger partial charge in [-0.2, -0.15) is 5.10 Å². The number of carbonyl (C=O) groups is 1. The molecular formula is C28H41Cl2FN4O2. The smallest absolute Gasteiger partial charge is 0.271 e. The van der Waals surface area contributed by atoms with Gasteiger partial charge in [-0.3, -0.25) is 4.79 Å². The maximum absolute atomic E-state index is 14.4. The molecule has 1 aromatic heterocycles. The number of nitrogens with one attached hydrogen (secondary N) is 1. The molecule has 1 saturated heterocycles. The number of unbranched alkanes of at least 4 members (excludes halogenated alkanes) is 1. The van der Waals surface area contributed by atoms with Gasteiger partial charge in [-0.15, -0.1) is 29.9 Å². The van der Waals surface area contributed by atoms with Crippen molar-refractivity contribution in [2.75, 3.05) is 26.7 Å². The molecule has 2 atom stereocenters. The average molecular weight is 556 g/mol. The van der Waals surface area contributed by atoms with E-state index in [9.17, 15) is 9.18 Å². The highest BCUT2D eigenvalue weighted by atomic mass is 35.5. The molecule has 206 valence electrons.